The Bertz CT molecular complexity index is 1050. The molecule has 0 N–H and O–H groups in total. The van der Waals surface area contributed by atoms with Crippen molar-refractivity contribution in [3.05, 3.63) is 51.4 Å². The van der Waals surface area contributed by atoms with E-state index in [1.165, 1.54) is 6.33 Å². The zero-order chi connectivity index (χ0) is 19.7. The molecule has 0 radical (unpaired) electrons. The van der Waals surface area contributed by atoms with Crippen molar-refractivity contribution in [2.45, 2.75) is 32.2 Å². The monoisotopic (exact) mass is 443 g/mol. The van der Waals surface area contributed by atoms with Gasteiger partial charge in [0.05, 0.1) is 4.92 Å². The maximum atomic E-state index is 11.9. The molecular formula is C19H18BrN5O3. The Morgan fingerprint density at radius 2 is 2.11 bits per heavy atom. The van der Waals surface area contributed by atoms with E-state index < -0.39 is 4.92 Å². The lowest BCUT2D eigenvalue weighted by molar-refractivity contribution is -0.385. The first-order valence-corrected chi connectivity index (χ1v) is 9.82. The first-order chi connectivity index (χ1) is 13.6. The Morgan fingerprint density at radius 1 is 1.25 bits per heavy atom. The lowest BCUT2D eigenvalue weighted by Gasteiger charge is -2.33. The zero-order valence-corrected chi connectivity index (χ0v) is 16.8. The van der Waals surface area contributed by atoms with Gasteiger partial charge in [-0.05, 0) is 44.4 Å². The number of nitro groups is 1. The minimum Gasteiger partial charge on any atom is -0.431 e. The molecule has 1 unspecified atom stereocenters. The van der Waals surface area contributed by atoms with E-state index in [0.717, 1.165) is 35.7 Å². The molecule has 1 aliphatic heterocycles. The van der Waals surface area contributed by atoms with Crippen molar-refractivity contribution in [3.8, 4) is 11.6 Å². The fraction of sp³-hybridized carbons (Fsp3) is 0.316. The summed E-state index contributed by atoms with van der Waals surface area (Å²) in [5.41, 5.74) is 0.376. The van der Waals surface area contributed by atoms with Crippen LogP contribution in [0.4, 0.5) is 11.5 Å². The van der Waals surface area contributed by atoms with Crippen LogP contribution in [0.25, 0.3) is 10.9 Å². The second-order valence-electron chi connectivity index (χ2n) is 6.69. The number of hydrogen-bond acceptors (Lipinski definition) is 7. The fourth-order valence-corrected chi connectivity index (χ4v) is 3.96. The van der Waals surface area contributed by atoms with E-state index in [0.29, 0.717) is 17.1 Å². The van der Waals surface area contributed by atoms with Crippen LogP contribution in [0.5, 0.6) is 11.6 Å². The predicted octanol–water partition coefficient (Wildman–Crippen LogP) is 4.87. The first-order valence-electron chi connectivity index (χ1n) is 9.03. The molecule has 144 valence electrons. The number of hydrogen-bond donors (Lipinski definition) is 0. The van der Waals surface area contributed by atoms with Crippen molar-refractivity contribution >= 4 is 38.3 Å². The van der Waals surface area contributed by atoms with Crippen LogP contribution < -0.4 is 9.64 Å². The Kier molecular flexibility index (Phi) is 5.08. The number of halogens is 1. The van der Waals surface area contributed by atoms with Crippen molar-refractivity contribution in [1.29, 1.82) is 0 Å². The number of ether oxygens (including phenoxy) is 1. The minimum atomic E-state index is -0.472. The number of pyridine rings is 1. The zero-order valence-electron chi connectivity index (χ0n) is 15.2. The molecule has 28 heavy (non-hydrogen) atoms. The molecule has 4 rings (SSSR count). The van der Waals surface area contributed by atoms with Gasteiger partial charge in [-0.25, -0.2) is 4.98 Å². The summed E-state index contributed by atoms with van der Waals surface area (Å²) in [7, 11) is 0. The quantitative estimate of drug-likeness (QED) is 0.419. The maximum absolute atomic E-state index is 11.9. The lowest BCUT2D eigenvalue weighted by Crippen LogP contribution is -2.38. The van der Waals surface area contributed by atoms with E-state index in [1.807, 2.05) is 23.1 Å². The average molecular weight is 444 g/mol. The van der Waals surface area contributed by atoms with Gasteiger partial charge in [0.25, 0.3) is 0 Å². The van der Waals surface area contributed by atoms with Crippen LogP contribution in [0.15, 0.2) is 41.3 Å². The highest BCUT2D eigenvalue weighted by Crippen LogP contribution is 2.40. The van der Waals surface area contributed by atoms with Crippen molar-refractivity contribution in [2.75, 3.05) is 11.4 Å². The van der Waals surface area contributed by atoms with Crippen LogP contribution >= 0.6 is 15.9 Å². The van der Waals surface area contributed by atoms with Gasteiger partial charge in [0.15, 0.2) is 5.75 Å². The second kappa shape index (κ2) is 7.67. The molecule has 8 nitrogen and oxygen atoms in total. The maximum Gasteiger partial charge on any atom is 0.373 e. The van der Waals surface area contributed by atoms with E-state index >= 15 is 0 Å². The molecule has 1 saturated heterocycles. The molecule has 0 spiro atoms. The van der Waals surface area contributed by atoms with Crippen molar-refractivity contribution in [1.82, 2.24) is 15.0 Å². The Labute approximate surface area is 169 Å². The topological polar surface area (TPSA) is 94.3 Å². The highest BCUT2D eigenvalue weighted by Gasteiger charge is 2.32. The van der Waals surface area contributed by atoms with Crippen LogP contribution in [0.1, 0.15) is 26.2 Å². The minimum absolute atomic E-state index is 0.0814. The van der Waals surface area contributed by atoms with Gasteiger partial charge in [-0.1, -0.05) is 22.0 Å². The number of rotatable bonds is 4. The molecule has 1 atom stereocenters. The van der Waals surface area contributed by atoms with Gasteiger partial charge in [0, 0.05) is 28.6 Å². The summed E-state index contributed by atoms with van der Waals surface area (Å²) in [5.74, 6) is 0.622. The number of nitrogens with zero attached hydrogens (tertiary/aromatic N) is 5. The van der Waals surface area contributed by atoms with E-state index in [1.54, 1.807) is 12.3 Å². The number of benzene rings is 1. The normalized spacial score (nSPS) is 16.9. The summed E-state index contributed by atoms with van der Waals surface area (Å²) in [5, 5.41) is 12.7. The second-order valence-corrected chi connectivity index (χ2v) is 7.55. The van der Waals surface area contributed by atoms with Gasteiger partial charge in [-0.2, -0.15) is 4.98 Å². The number of fused-ring (bicyclic) bond motifs is 1. The predicted molar refractivity (Wildman–Crippen MR) is 109 cm³/mol. The van der Waals surface area contributed by atoms with Crippen LogP contribution in [0.3, 0.4) is 0 Å². The van der Waals surface area contributed by atoms with E-state index in [9.17, 15) is 10.1 Å². The molecular weight excluding hydrogens is 426 g/mol. The van der Waals surface area contributed by atoms with Crippen LogP contribution in [-0.4, -0.2) is 32.5 Å². The molecule has 1 aliphatic rings. The summed E-state index contributed by atoms with van der Waals surface area (Å²) >= 11 is 3.49. The average Bonchev–Trinajstić information content (AvgIpc) is 2.70. The van der Waals surface area contributed by atoms with Gasteiger partial charge in [-0.15, -0.1) is 0 Å². The molecule has 0 amide bonds. The van der Waals surface area contributed by atoms with Crippen molar-refractivity contribution < 1.29 is 9.66 Å². The Hall–Kier alpha value is -2.81. The van der Waals surface area contributed by atoms with Gasteiger partial charge in [0.2, 0.25) is 5.82 Å². The van der Waals surface area contributed by atoms with Gasteiger partial charge >= 0.3 is 11.6 Å². The van der Waals surface area contributed by atoms with Gasteiger partial charge in [-0.3, -0.25) is 15.1 Å². The van der Waals surface area contributed by atoms with E-state index in [2.05, 4.69) is 37.8 Å². The molecule has 0 saturated carbocycles. The SMILES string of the molecule is CC1CCCCN1c1ncnc(Oc2ccc(Br)c3cccnc23)c1[N+](=O)[O-]. The smallest absolute Gasteiger partial charge is 0.373 e. The molecule has 1 fully saturated rings. The molecule has 9 heteroatoms. The molecule has 1 aromatic carbocycles. The molecule has 3 heterocycles. The first kappa shape index (κ1) is 18.5. The standard InChI is InChI=1S/C19H18BrN5O3/c1-12-5-2-3-10-24(12)18-17(25(26)27)19(23-11-22-18)28-15-8-7-14(20)13-6-4-9-21-16(13)15/h4,6-9,11-12H,2-3,5,10H2,1H3. The molecule has 0 bridgehead atoms. The van der Waals surface area contributed by atoms with Crippen LogP contribution in [-0.2, 0) is 0 Å². The Morgan fingerprint density at radius 3 is 2.89 bits per heavy atom. The van der Waals surface area contributed by atoms with Gasteiger partial charge in [0.1, 0.15) is 11.8 Å². The molecule has 2 aromatic heterocycles. The third-order valence-corrected chi connectivity index (χ3v) is 5.60. The summed E-state index contributed by atoms with van der Waals surface area (Å²) in [6.45, 7) is 2.78. The Balaban J connectivity index is 1.80. The summed E-state index contributed by atoms with van der Waals surface area (Å²) < 4.78 is 6.77. The van der Waals surface area contributed by atoms with Gasteiger partial charge < -0.3 is 9.64 Å². The van der Waals surface area contributed by atoms with Crippen molar-refractivity contribution in [3.63, 3.8) is 0 Å². The van der Waals surface area contributed by atoms with E-state index in [4.69, 9.17) is 4.74 Å². The molecule has 3 aromatic rings. The lowest BCUT2D eigenvalue weighted by atomic mass is 10.0. The van der Waals surface area contributed by atoms with Crippen LogP contribution in [0, 0.1) is 10.1 Å². The summed E-state index contributed by atoms with van der Waals surface area (Å²) in [6.07, 6.45) is 6.02. The molecule has 0 aliphatic carbocycles. The summed E-state index contributed by atoms with van der Waals surface area (Å²) in [6, 6.07) is 7.42. The number of piperidine rings is 1. The largest absolute Gasteiger partial charge is 0.431 e. The van der Waals surface area contributed by atoms with Crippen molar-refractivity contribution in [2.24, 2.45) is 0 Å². The fourth-order valence-electron chi connectivity index (χ4n) is 3.51. The number of anilines is 1. The third kappa shape index (κ3) is 3.37. The highest BCUT2D eigenvalue weighted by atomic mass is 79.9. The third-order valence-electron chi connectivity index (χ3n) is 4.91. The van der Waals surface area contributed by atoms with E-state index in [-0.39, 0.29) is 17.6 Å². The number of aromatic nitrogens is 3. The van der Waals surface area contributed by atoms with Crippen LogP contribution in [0.2, 0.25) is 0 Å². The summed E-state index contributed by atoms with van der Waals surface area (Å²) in [4.78, 5) is 26.0. The highest BCUT2D eigenvalue weighted by molar-refractivity contribution is 9.10.